The Labute approximate surface area is 228 Å². The van der Waals surface area contributed by atoms with Crippen molar-refractivity contribution in [2.45, 2.75) is 99.4 Å². The molecule has 0 saturated carbocycles. The summed E-state index contributed by atoms with van der Waals surface area (Å²) in [5, 5.41) is 5.82. The molecular formula is C31H45N3O4. The Morgan fingerprint density at radius 2 is 1.53 bits per heavy atom. The van der Waals surface area contributed by atoms with Gasteiger partial charge in [0.2, 0.25) is 5.91 Å². The smallest absolute Gasteiger partial charge is 0.408 e. The maximum absolute atomic E-state index is 14.2. The van der Waals surface area contributed by atoms with Crippen LogP contribution < -0.4 is 10.6 Å². The van der Waals surface area contributed by atoms with Crippen molar-refractivity contribution in [3.8, 4) is 0 Å². The predicted molar refractivity (Wildman–Crippen MR) is 153 cm³/mol. The van der Waals surface area contributed by atoms with Gasteiger partial charge >= 0.3 is 6.09 Å². The fourth-order valence-electron chi connectivity index (χ4n) is 4.29. The average Bonchev–Trinajstić information content (AvgIpc) is 2.78. The maximum atomic E-state index is 14.2. The summed E-state index contributed by atoms with van der Waals surface area (Å²) in [5.74, 6) is -0.526. The highest BCUT2D eigenvalue weighted by Crippen LogP contribution is 2.29. The second-order valence-electron chi connectivity index (χ2n) is 11.7. The van der Waals surface area contributed by atoms with Crippen LogP contribution in [0.5, 0.6) is 0 Å². The molecule has 2 aromatic rings. The molecule has 3 amide bonds. The van der Waals surface area contributed by atoms with Crippen LogP contribution in [0.15, 0.2) is 42.5 Å². The van der Waals surface area contributed by atoms with E-state index in [-0.39, 0.29) is 23.8 Å². The molecule has 2 rings (SSSR count). The molecular weight excluding hydrogens is 478 g/mol. The molecule has 0 radical (unpaired) electrons. The molecule has 2 atom stereocenters. The van der Waals surface area contributed by atoms with Gasteiger partial charge in [-0.15, -0.1) is 0 Å². The molecule has 7 heteroatoms. The number of hydrogen-bond donors (Lipinski definition) is 2. The Hall–Kier alpha value is -3.35. The lowest BCUT2D eigenvalue weighted by Gasteiger charge is -2.37. The molecule has 0 aromatic heterocycles. The van der Waals surface area contributed by atoms with E-state index in [1.54, 1.807) is 25.7 Å². The quantitative estimate of drug-likeness (QED) is 0.394. The molecule has 0 aliphatic rings. The predicted octanol–water partition coefficient (Wildman–Crippen LogP) is 6.47. The fraction of sp³-hybridized carbons (Fsp3) is 0.516. The monoisotopic (exact) mass is 523 g/mol. The van der Waals surface area contributed by atoms with E-state index in [1.165, 1.54) is 0 Å². The fourth-order valence-corrected chi connectivity index (χ4v) is 4.29. The van der Waals surface area contributed by atoms with Crippen molar-refractivity contribution in [1.29, 1.82) is 0 Å². The van der Waals surface area contributed by atoms with Gasteiger partial charge in [-0.25, -0.2) is 4.79 Å². The minimum atomic E-state index is -0.906. The largest absolute Gasteiger partial charge is 0.444 e. The third-order valence-corrected chi connectivity index (χ3v) is 6.28. The molecule has 7 nitrogen and oxygen atoms in total. The van der Waals surface area contributed by atoms with E-state index in [1.807, 2.05) is 90.9 Å². The normalized spacial score (nSPS) is 13.2. The van der Waals surface area contributed by atoms with Crippen LogP contribution in [0.1, 0.15) is 83.2 Å². The van der Waals surface area contributed by atoms with E-state index in [0.29, 0.717) is 17.7 Å². The average molecular weight is 524 g/mol. The zero-order chi connectivity index (χ0) is 28.8. The first-order chi connectivity index (χ1) is 17.6. The summed E-state index contributed by atoms with van der Waals surface area (Å²) in [4.78, 5) is 42.4. The van der Waals surface area contributed by atoms with Crippen LogP contribution in [0.3, 0.4) is 0 Å². The van der Waals surface area contributed by atoms with Gasteiger partial charge in [0.25, 0.3) is 5.91 Å². The van der Waals surface area contributed by atoms with Gasteiger partial charge in [0.15, 0.2) is 0 Å². The third kappa shape index (κ3) is 8.61. The van der Waals surface area contributed by atoms with Gasteiger partial charge in [-0.2, -0.15) is 0 Å². The van der Waals surface area contributed by atoms with Crippen LogP contribution >= 0.6 is 0 Å². The molecule has 0 bridgehead atoms. The summed E-state index contributed by atoms with van der Waals surface area (Å²) in [6.45, 7) is 19.0. The van der Waals surface area contributed by atoms with Gasteiger partial charge in [0.1, 0.15) is 17.7 Å². The van der Waals surface area contributed by atoms with Crippen molar-refractivity contribution in [2.75, 3.05) is 5.32 Å². The highest BCUT2D eigenvalue weighted by Gasteiger charge is 2.38. The molecule has 2 aromatic carbocycles. The molecule has 0 spiro atoms. The van der Waals surface area contributed by atoms with Crippen molar-refractivity contribution in [1.82, 2.24) is 10.2 Å². The number of aryl methyl sites for hydroxylation is 3. The van der Waals surface area contributed by atoms with E-state index in [4.69, 9.17) is 4.74 Å². The molecule has 38 heavy (non-hydrogen) atoms. The highest BCUT2D eigenvalue weighted by molar-refractivity contribution is 5.99. The number of rotatable bonds is 9. The van der Waals surface area contributed by atoms with E-state index in [9.17, 15) is 14.4 Å². The summed E-state index contributed by atoms with van der Waals surface area (Å²) in [6.07, 6.45) is -0.257. The second-order valence-corrected chi connectivity index (χ2v) is 11.7. The number of nitrogens with zero attached hydrogens (tertiary/aromatic N) is 1. The van der Waals surface area contributed by atoms with Gasteiger partial charge < -0.3 is 20.3 Å². The van der Waals surface area contributed by atoms with E-state index >= 15 is 0 Å². The number of carbonyl (C=O) groups is 3. The summed E-state index contributed by atoms with van der Waals surface area (Å²) < 4.78 is 5.45. The number of anilines is 1. The Morgan fingerprint density at radius 1 is 0.895 bits per heavy atom. The Kier molecular flexibility index (Phi) is 10.5. The van der Waals surface area contributed by atoms with Gasteiger partial charge in [0.05, 0.1) is 0 Å². The SMILES string of the molecule is Cc1ccc(C(C(=O)Nc2ccccc2C)N(C(=O)C(CC(C)C)NC(=O)OC(C)(C)C)C(C)C)cc1C. The zero-order valence-electron chi connectivity index (χ0n) is 24.6. The van der Waals surface area contributed by atoms with Crippen LogP contribution in [0.4, 0.5) is 10.5 Å². The lowest BCUT2D eigenvalue weighted by atomic mass is 9.95. The van der Waals surface area contributed by atoms with Crippen LogP contribution in [-0.2, 0) is 14.3 Å². The van der Waals surface area contributed by atoms with Gasteiger partial charge in [-0.05, 0) is 96.0 Å². The summed E-state index contributed by atoms with van der Waals surface area (Å²) in [7, 11) is 0. The Bertz CT molecular complexity index is 1130. The molecule has 0 fully saturated rings. The first-order valence-corrected chi connectivity index (χ1v) is 13.4. The number of amides is 3. The van der Waals surface area contributed by atoms with Crippen molar-refractivity contribution in [3.05, 3.63) is 64.7 Å². The van der Waals surface area contributed by atoms with Gasteiger partial charge in [-0.3, -0.25) is 9.59 Å². The van der Waals surface area contributed by atoms with Crippen LogP contribution in [0.2, 0.25) is 0 Å². The molecule has 208 valence electrons. The zero-order valence-corrected chi connectivity index (χ0v) is 24.6. The second kappa shape index (κ2) is 12.9. The Morgan fingerprint density at radius 3 is 2.05 bits per heavy atom. The van der Waals surface area contributed by atoms with E-state index in [2.05, 4.69) is 10.6 Å². The molecule has 2 unspecified atom stereocenters. The summed E-state index contributed by atoms with van der Waals surface area (Å²) >= 11 is 0. The van der Waals surface area contributed by atoms with Crippen molar-refractivity contribution in [2.24, 2.45) is 5.92 Å². The van der Waals surface area contributed by atoms with E-state index < -0.39 is 23.8 Å². The highest BCUT2D eigenvalue weighted by atomic mass is 16.6. The van der Waals surface area contributed by atoms with Crippen molar-refractivity contribution >= 4 is 23.6 Å². The molecule has 2 N–H and O–H groups in total. The van der Waals surface area contributed by atoms with Crippen LogP contribution in [0.25, 0.3) is 0 Å². The molecule has 0 aliphatic heterocycles. The lowest BCUT2D eigenvalue weighted by Crippen LogP contribution is -2.54. The minimum Gasteiger partial charge on any atom is -0.444 e. The standard InChI is InChI=1S/C31H45N3O4/c1-19(2)17-26(33-30(37)38-31(8,9)10)29(36)34(20(3)4)27(24-16-15-21(5)23(7)18-24)28(35)32-25-14-12-11-13-22(25)6/h11-16,18-20,26-27H,17H2,1-10H3,(H,32,35)(H,33,37). The number of carbonyl (C=O) groups excluding carboxylic acids is 3. The first-order valence-electron chi connectivity index (χ1n) is 13.4. The Balaban J connectivity index is 2.56. The minimum absolute atomic E-state index is 0.119. The summed E-state index contributed by atoms with van der Waals surface area (Å²) in [5.41, 5.74) is 3.74. The molecule has 0 aliphatic carbocycles. The van der Waals surface area contributed by atoms with Crippen LogP contribution in [-0.4, -0.2) is 40.5 Å². The maximum Gasteiger partial charge on any atom is 0.408 e. The van der Waals surface area contributed by atoms with Gasteiger partial charge in [-0.1, -0.05) is 50.2 Å². The van der Waals surface area contributed by atoms with Crippen molar-refractivity contribution in [3.63, 3.8) is 0 Å². The number of para-hydroxylation sites is 1. The number of hydrogen-bond acceptors (Lipinski definition) is 4. The van der Waals surface area contributed by atoms with Crippen molar-refractivity contribution < 1.29 is 19.1 Å². The summed E-state index contributed by atoms with van der Waals surface area (Å²) in [6, 6.07) is 11.3. The molecule has 0 saturated heterocycles. The topological polar surface area (TPSA) is 87.7 Å². The number of nitrogens with one attached hydrogen (secondary N) is 2. The number of ether oxygens (including phenoxy) is 1. The first kappa shape index (κ1) is 30.9. The van der Waals surface area contributed by atoms with E-state index in [0.717, 1.165) is 16.7 Å². The molecule has 0 heterocycles. The lowest BCUT2D eigenvalue weighted by molar-refractivity contribution is -0.143. The van der Waals surface area contributed by atoms with Crippen LogP contribution in [0, 0.1) is 26.7 Å². The number of alkyl carbamates (subject to hydrolysis) is 1. The van der Waals surface area contributed by atoms with Gasteiger partial charge in [0, 0.05) is 11.7 Å². The number of benzene rings is 2. The third-order valence-electron chi connectivity index (χ3n) is 6.28.